The Morgan fingerprint density at radius 1 is 1.38 bits per heavy atom. The Bertz CT molecular complexity index is 751. The molecular formula is C17H17FN2O4. The first-order valence-corrected chi connectivity index (χ1v) is 7.61. The fraction of sp³-hybridized carbons (Fsp3) is 0.412. The predicted octanol–water partition coefficient (Wildman–Crippen LogP) is 1.56. The lowest BCUT2D eigenvalue weighted by Crippen LogP contribution is -2.45. The van der Waals surface area contributed by atoms with Crippen molar-refractivity contribution < 1.29 is 23.5 Å². The second-order valence-corrected chi connectivity index (χ2v) is 5.79. The lowest BCUT2D eigenvalue weighted by molar-refractivity contribution is -0.140. The number of amides is 1. The van der Waals surface area contributed by atoms with Gasteiger partial charge in [0, 0.05) is 19.2 Å². The van der Waals surface area contributed by atoms with Gasteiger partial charge >= 0.3 is 0 Å². The summed E-state index contributed by atoms with van der Waals surface area (Å²) >= 11 is 0. The highest BCUT2D eigenvalue weighted by atomic mass is 19.1. The topological polar surface area (TPSA) is 68.2 Å². The zero-order valence-electron chi connectivity index (χ0n) is 13.4. The molecule has 0 radical (unpaired) electrons. The van der Waals surface area contributed by atoms with E-state index in [0.717, 1.165) is 12.8 Å². The number of hydrazone groups is 1. The van der Waals surface area contributed by atoms with E-state index in [1.807, 2.05) is 0 Å². The van der Waals surface area contributed by atoms with Crippen molar-refractivity contribution in [2.24, 2.45) is 11.0 Å². The van der Waals surface area contributed by atoms with Gasteiger partial charge in [-0.15, -0.1) is 0 Å². The number of benzene rings is 1. The van der Waals surface area contributed by atoms with E-state index in [0.29, 0.717) is 18.0 Å². The summed E-state index contributed by atoms with van der Waals surface area (Å²) in [5, 5.41) is 5.58. The Morgan fingerprint density at radius 3 is 2.67 bits per heavy atom. The molecule has 24 heavy (non-hydrogen) atoms. The van der Waals surface area contributed by atoms with Gasteiger partial charge in [-0.1, -0.05) is 0 Å². The van der Waals surface area contributed by atoms with Crippen LogP contribution in [0.4, 0.5) is 4.39 Å². The number of rotatable bonds is 5. The average molecular weight is 332 g/mol. The molecule has 3 rings (SSSR count). The molecule has 1 aliphatic carbocycles. The number of hydrogen-bond acceptors (Lipinski definition) is 5. The van der Waals surface area contributed by atoms with Crippen molar-refractivity contribution in [2.45, 2.75) is 18.9 Å². The van der Waals surface area contributed by atoms with Crippen LogP contribution < -0.4 is 4.74 Å². The minimum absolute atomic E-state index is 0.0286. The molecule has 0 saturated heterocycles. The molecule has 1 aliphatic heterocycles. The number of carbonyl (C=O) groups excluding carboxylic acids is 2. The van der Waals surface area contributed by atoms with E-state index in [9.17, 15) is 14.0 Å². The first-order valence-electron chi connectivity index (χ1n) is 7.61. The maximum atomic E-state index is 14.0. The fourth-order valence-electron chi connectivity index (χ4n) is 2.63. The molecule has 0 N–H and O–H groups in total. The summed E-state index contributed by atoms with van der Waals surface area (Å²) in [6, 6.07) is 4.24. The Hall–Kier alpha value is -2.50. The van der Waals surface area contributed by atoms with Crippen molar-refractivity contribution >= 4 is 17.6 Å². The van der Waals surface area contributed by atoms with Crippen LogP contribution in [0.3, 0.4) is 0 Å². The van der Waals surface area contributed by atoms with E-state index >= 15 is 0 Å². The first kappa shape index (κ1) is 16.4. The third-order valence-corrected chi connectivity index (χ3v) is 4.12. The highest BCUT2D eigenvalue weighted by Gasteiger charge is 2.39. The molecule has 6 nitrogen and oxygen atoms in total. The van der Waals surface area contributed by atoms with Crippen LogP contribution in [-0.2, 0) is 14.3 Å². The van der Waals surface area contributed by atoms with Crippen molar-refractivity contribution in [3.63, 3.8) is 0 Å². The van der Waals surface area contributed by atoms with Gasteiger partial charge in [0.25, 0.3) is 5.91 Å². The molecule has 7 heteroatoms. The summed E-state index contributed by atoms with van der Waals surface area (Å²) in [5.41, 5.74) is 0.528. The van der Waals surface area contributed by atoms with E-state index in [1.54, 1.807) is 12.0 Å². The standard InChI is InChI=1S/C17H17FN2O4/c1-23-14-6-5-11(7-13(14)18)15-12(9-21)16(24-2)17(22)20(19-15)8-10-3-4-10/h5-7,10,16H,3-4,8H2,1-2H3. The summed E-state index contributed by atoms with van der Waals surface area (Å²) in [5.74, 6) is 1.24. The van der Waals surface area contributed by atoms with Crippen LogP contribution in [0.5, 0.6) is 5.75 Å². The van der Waals surface area contributed by atoms with Gasteiger partial charge in [-0.25, -0.2) is 14.2 Å². The number of ether oxygens (including phenoxy) is 2. The summed E-state index contributed by atoms with van der Waals surface area (Å²) < 4.78 is 24.1. The SMILES string of the molecule is COc1ccc(C2=NN(CC3CC3)C(=O)C(OC)C2=C=O)cc1F. The maximum absolute atomic E-state index is 14.0. The van der Waals surface area contributed by atoms with Crippen LogP contribution >= 0.6 is 0 Å². The normalized spacial score (nSPS) is 20.7. The number of carbonyl (C=O) groups is 1. The van der Waals surface area contributed by atoms with Crippen LogP contribution in [0.2, 0.25) is 0 Å². The third-order valence-electron chi connectivity index (χ3n) is 4.12. The van der Waals surface area contributed by atoms with Crippen molar-refractivity contribution in [1.82, 2.24) is 5.01 Å². The minimum atomic E-state index is -1.08. The van der Waals surface area contributed by atoms with Crippen molar-refractivity contribution in [3.05, 3.63) is 35.2 Å². The van der Waals surface area contributed by atoms with Gasteiger partial charge in [-0.2, -0.15) is 5.10 Å². The van der Waals surface area contributed by atoms with E-state index < -0.39 is 17.8 Å². The molecule has 126 valence electrons. The van der Waals surface area contributed by atoms with Crippen LogP contribution in [0, 0.1) is 11.7 Å². The Kier molecular flexibility index (Phi) is 4.46. The van der Waals surface area contributed by atoms with E-state index in [1.165, 1.54) is 31.4 Å². The molecule has 1 heterocycles. The summed E-state index contributed by atoms with van der Waals surface area (Å²) in [6.45, 7) is 0.465. The molecule has 1 aromatic rings. The molecule has 0 aromatic heterocycles. The molecule has 1 unspecified atom stereocenters. The molecule has 1 aromatic carbocycles. The average Bonchev–Trinajstić information content (AvgIpc) is 3.40. The van der Waals surface area contributed by atoms with E-state index in [2.05, 4.69) is 5.10 Å². The van der Waals surface area contributed by atoms with Gasteiger partial charge in [0.2, 0.25) is 0 Å². The smallest absolute Gasteiger partial charge is 0.277 e. The minimum Gasteiger partial charge on any atom is -0.494 e. The largest absolute Gasteiger partial charge is 0.494 e. The molecule has 1 fully saturated rings. The molecule has 1 atom stereocenters. The number of methoxy groups -OCH3 is 2. The quantitative estimate of drug-likeness (QED) is 0.768. The highest BCUT2D eigenvalue weighted by Crippen LogP contribution is 2.32. The molecule has 0 spiro atoms. The van der Waals surface area contributed by atoms with Gasteiger partial charge in [0.15, 0.2) is 17.7 Å². The Morgan fingerprint density at radius 2 is 2.12 bits per heavy atom. The third kappa shape index (κ3) is 2.96. The first-order chi connectivity index (χ1) is 11.6. The molecule has 2 aliphatic rings. The maximum Gasteiger partial charge on any atom is 0.277 e. The molecule has 1 amide bonds. The summed E-state index contributed by atoms with van der Waals surface area (Å²) in [7, 11) is 2.71. The second-order valence-electron chi connectivity index (χ2n) is 5.79. The van der Waals surface area contributed by atoms with Crippen LogP contribution in [0.1, 0.15) is 18.4 Å². The highest BCUT2D eigenvalue weighted by molar-refractivity contribution is 6.21. The van der Waals surface area contributed by atoms with Gasteiger partial charge in [-0.3, -0.25) is 4.79 Å². The lowest BCUT2D eigenvalue weighted by Gasteiger charge is -2.29. The van der Waals surface area contributed by atoms with E-state index in [4.69, 9.17) is 9.47 Å². The zero-order valence-corrected chi connectivity index (χ0v) is 13.4. The van der Waals surface area contributed by atoms with Crippen LogP contribution in [-0.4, -0.2) is 49.4 Å². The number of hydrogen-bond donors (Lipinski definition) is 0. The van der Waals surface area contributed by atoms with Crippen LogP contribution in [0.25, 0.3) is 0 Å². The summed E-state index contributed by atoms with van der Waals surface area (Å²) in [6.07, 6.45) is 0.999. The van der Waals surface area contributed by atoms with Crippen molar-refractivity contribution in [3.8, 4) is 5.75 Å². The lowest BCUT2D eigenvalue weighted by atomic mass is 9.96. The molecular weight excluding hydrogens is 315 g/mol. The molecule has 1 saturated carbocycles. The Labute approximate surface area is 138 Å². The summed E-state index contributed by atoms with van der Waals surface area (Å²) in [4.78, 5) is 23.8. The van der Waals surface area contributed by atoms with Gasteiger partial charge in [-0.05, 0) is 37.0 Å². The van der Waals surface area contributed by atoms with Crippen molar-refractivity contribution in [2.75, 3.05) is 20.8 Å². The second kappa shape index (κ2) is 6.55. The fourth-order valence-corrected chi connectivity index (χ4v) is 2.63. The van der Waals surface area contributed by atoms with Gasteiger partial charge in [0.05, 0.1) is 7.11 Å². The number of nitrogens with zero attached hydrogens (tertiary/aromatic N) is 2. The zero-order chi connectivity index (χ0) is 17.3. The Balaban J connectivity index is 2.05. The molecule has 0 bridgehead atoms. The van der Waals surface area contributed by atoms with Gasteiger partial charge < -0.3 is 9.47 Å². The van der Waals surface area contributed by atoms with Gasteiger partial charge in [0.1, 0.15) is 17.2 Å². The van der Waals surface area contributed by atoms with E-state index in [-0.39, 0.29) is 17.0 Å². The predicted molar refractivity (Wildman–Crippen MR) is 83.9 cm³/mol. The van der Waals surface area contributed by atoms with Crippen molar-refractivity contribution in [1.29, 1.82) is 0 Å². The number of halogens is 1. The van der Waals surface area contributed by atoms with Crippen LogP contribution in [0.15, 0.2) is 28.9 Å². The monoisotopic (exact) mass is 332 g/mol.